The highest BCUT2D eigenvalue weighted by Crippen LogP contribution is 2.25. The molecule has 0 unspecified atom stereocenters. The molecule has 2 heterocycles. The first-order valence-corrected chi connectivity index (χ1v) is 9.56. The molecule has 0 atom stereocenters. The second-order valence-electron chi connectivity index (χ2n) is 5.58. The van der Waals surface area contributed by atoms with E-state index in [0.717, 1.165) is 25.7 Å². The number of sulfonamides is 1. The molecule has 1 aromatic rings. The van der Waals surface area contributed by atoms with Crippen LogP contribution in [0, 0.1) is 13.8 Å². The normalized spacial score (nSPS) is 18.4. The lowest BCUT2D eigenvalue weighted by molar-refractivity contribution is 0.363. The fourth-order valence-electron chi connectivity index (χ4n) is 2.94. The SMILES string of the molecule is Cc1nn(CCCl)c(C)c1S(=O)(=O)N1CCCCCCC1. The van der Waals surface area contributed by atoms with Gasteiger partial charge in [-0.1, -0.05) is 19.3 Å². The standard InChI is InChI=1S/C14H24ClN3O2S/c1-12-14(13(2)18(16-12)11-8-15)21(19,20)17-9-6-4-3-5-7-10-17/h3-11H2,1-2H3. The minimum Gasteiger partial charge on any atom is -0.267 e. The molecule has 1 aromatic heterocycles. The van der Waals surface area contributed by atoms with Crippen molar-refractivity contribution >= 4 is 21.6 Å². The molecule has 1 fully saturated rings. The van der Waals surface area contributed by atoms with Gasteiger partial charge in [-0.3, -0.25) is 4.68 Å². The molecule has 0 aliphatic carbocycles. The molecule has 0 aromatic carbocycles. The predicted octanol–water partition coefficient (Wildman–Crippen LogP) is 2.69. The van der Waals surface area contributed by atoms with Crippen molar-refractivity contribution in [1.29, 1.82) is 0 Å². The molecule has 5 nitrogen and oxygen atoms in total. The number of halogens is 1. The minimum absolute atomic E-state index is 0.369. The maximum Gasteiger partial charge on any atom is 0.246 e. The predicted molar refractivity (Wildman–Crippen MR) is 84.3 cm³/mol. The first-order chi connectivity index (χ1) is 9.98. The van der Waals surface area contributed by atoms with Crippen molar-refractivity contribution in [3.05, 3.63) is 11.4 Å². The van der Waals surface area contributed by atoms with E-state index in [2.05, 4.69) is 5.10 Å². The molecule has 0 saturated carbocycles. The summed E-state index contributed by atoms with van der Waals surface area (Å²) in [5.41, 5.74) is 1.26. The summed E-state index contributed by atoms with van der Waals surface area (Å²) in [6.45, 7) is 5.33. The smallest absolute Gasteiger partial charge is 0.246 e. The van der Waals surface area contributed by atoms with Gasteiger partial charge in [0.05, 0.1) is 17.9 Å². The third kappa shape index (κ3) is 3.60. The van der Waals surface area contributed by atoms with Crippen LogP contribution in [0.15, 0.2) is 4.90 Å². The Bertz CT molecular complexity index is 575. The van der Waals surface area contributed by atoms with Crippen LogP contribution < -0.4 is 0 Å². The largest absolute Gasteiger partial charge is 0.267 e. The van der Waals surface area contributed by atoms with Gasteiger partial charge in [-0.25, -0.2) is 8.42 Å². The van der Waals surface area contributed by atoms with E-state index in [1.807, 2.05) is 6.92 Å². The molecular formula is C14H24ClN3O2S. The molecular weight excluding hydrogens is 310 g/mol. The summed E-state index contributed by atoms with van der Waals surface area (Å²) in [6, 6.07) is 0. The van der Waals surface area contributed by atoms with E-state index in [1.54, 1.807) is 15.9 Å². The van der Waals surface area contributed by atoms with Crippen LogP contribution >= 0.6 is 11.6 Å². The maximum absolute atomic E-state index is 13.0. The molecule has 0 N–H and O–H groups in total. The quantitative estimate of drug-likeness (QED) is 0.796. The Hall–Kier alpha value is -0.590. The summed E-state index contributed by atoms with van der Waals surface area (Å²) in [5, 5.41) is 4.33. The highest BCUT2D eigenvalue weighted by Gasteiger charge is 2.30. The van der Waals surface area contributed by atoms with E-state index < -0.39 is 10.0 Å². The van der Waals surface area contributed by atoms with Gasteiger partial charge >= 0.3 is 0 Å². The van der Waals surface area contributed by atoms with E-state index in [-0.39, 0.29) is 0 Å². The molecule has 0 amide bonds. The molecule has 21 heavy (non-hydrogen) atoms. The maximum atomic E-state index is 13.0. The number of aryl methyl sites for hydroxylation is 2. The van der Waals surface area contributed by atoms with E-state index >= 15 is 0 Å². The van der Waals surface area contributed by atoms with Crippen LogP contribution in [0.4, 0.5) is 0 Å². The lowest BCUT2D eigenvalue weighted by Gasteiger charge is -2.24. The minimum atomic E-state index is -3.45. The third-order valence-corrected chi connectivity index (χ3v) is 6.35. The van der Waals surface area contributed by atoms with Gasteiger partial charge in [0.1, 0.15) is 4.90 Å². The molecule has 0 bridgehead atoms. The van der Waals surface area contributed by atoms with Crippen molar-refractivity contribution in [1.82, 2.24) is 14.1 Å². The van der Waals surface area contributed by atoms with Crippen LogP contribution in [0.25, 0.3) is 0 Å². The summed E-state index contributed by atoms with van der Waals surface area (Å²) in [7, 11) is -3.45. The van der Waals surface area contributed by atoms with Crippen molar-refractivity contribution in [2.24, 2.45) is 0 Å². The van der Waals surface area contributed by atoms with Gasteiger partial charge in [0.2, 0.25) is 10.0 Å². The van der Waals surface area contributed by atoms with Gasteiger partial charge in [0.25, 0.3) is 0 Å². The zero-order valence-corrected chi connectivity index (χ0v) is 14.4. The van der Waals surface area contributed by atoms with Crippen molar-refractivity contribution in [2.45, 2.75) is 57.4 Å². The Kier molecular flexibility index (Phi) is 5.68. The van der Waals surface area contributed by atoms with Gasteiger partial charge in [-0.05, 0) is 26.7 Å². The van der Waals surface area contributed by atoms with Crippen LogP contribution in [0.1, 0.15) is 43.5 Å². The van der Waals surface area contributed by atoms with Crippen molar-refractivity contribution in [3.8, 4) is 0 Å². The summed E-state index contributed by atoms with van der Waals surface area (Å²) in [6.07, 6.45) is 5.30. The molecule has 7 heteroatoms. The van der Waals surface area contributed by atoms with E-state index in [1.165, 1.54) is 6.42 Å². The van der Waals surface area contributed by atoms with Crippen LogP contribution in [0.2, 0.25) is 0 Å². The second-order valence-corrected chi connectivity index (χ2v) is 7.84. The molecule has 1 saturated heterocycles. The fourth-order valence-corrected chi connectivity index (χ4v) is 4.99. The third-order valence-electron chi connectivity index (χ3n) is 4.02. The highest BCUT2D eigenvalue weighted by atomic mass is 35.5. The summed E-state index contributed by atoms with van der Waals surface area (Å²) >= 11 is 5.75. The van der Waals surface area contributed by atoms with Crippen molar-refractivity contribution in [2.75, 3.05) is 19.0 Å². The molecule has 1 aliphatic rings. The second kappa shape index (κ2) is 7.11. The number of rotatable bonds is 4. The van der Waals surface area contributed by atoms with Crippen LogP contribution in [0.3, 0.4) is 0 Å². The lowest BCUT2D eigenvalue weighted by Crippen LogP contribution is -2.34. The van der Waals surface area contributed by atoms with E-state index in [0.29, 0.717) is 41.8 Å². The fraction of sp³-hybridized carbons (Fsp3) is 0.786. The number of nitrogens with zero attached hydrogens (tertiary/aromatic N) is 3. The van der Waals surface area contributed by atoms with E-state index in [9.17, 15) is 8.42 Å². The number of alkyl halides is 1. The Morgan fingerprint density at radius 3 is 2.24 bits per heavy atom. The Labute approximate surface area is 132 Å². The Balaban J connectivity index is 2.33. The number of hydrogen-bond donors (Lipinski definition) is 0. The first-order valence-electron chi connectivity index (χ1n) is 7.58. The molecule has 1 aliphatic heterocycles. The number of aromatic nitrogens is 2. The average molecular weight is 334 g/mol. The molecule has 120 valence electrons. The van der Waals surface area contributed by atoms with Gasteiger partial charge in [0, 0.05) is 19.0 Å². The van der Waals surface area contributed by atoms with Crippen LogP contribution in [-0.4, -0.2) is 41.5 Å². The molecule has 0 radical (unpaired) electrons. The van der Waals surface area contributed by atoms with Gasteiger partial charge in [-0.2, -0.15) is 9.40 Å². The van der Waals surface area contributed by atoms with Crippen LogP contribution in [-0.2, 0) is 16.6 Å². The summed E-state index contributed by atoms with van der Waals surface area (Å²) in [5.74, 6) is 0.422. The van der Waals surface area contributed by atoms with Crippen molar-refractivity contribution in [3.63, 3.8) is 0 Å². The molecule has 0 spiro atoms. The Morgan fingerprint density at radius 1 is 1.10 bits per heavy atom. The monoisotopic (exact) mass is 333 g/mol. The van der Waals surface area contributed by atoms with Gasteiger partial charge in [-0.15, -0.1) is 11.6 Å². The summed E-state index contributed by atoms with van der Waals surface area (Å²) in [4.78, 5) is 0.369. The van der Waals surface area contributed by atoms with Crippen LogP contribution in [0.5, 0.6) is 0 Å². The average Bonchev–Trinajstić information content (AvgIpc) is 2.64. The summed E-state index contributed by atoms with van der Waals surface area (Å²) < 4.78 is 29.2. The first kappa shape index (κ1) is 16.8. The van der Waals surface area contributed by atoms with E-state index in [4.69, 9.17) is 11.6 Å². The highest BCUT2D eigenvalue weighted by molar-refractivity contribution is 7.89. The topological polar surface area (TPSA) is 55.2 Å². The number of hydrogen-bond acceptors (Lipinski definition) is 3. The van der Waals surface area contributed by atoms with Crippen molar-refractivity contribution < 1.29 is 8.42 Å². The van der Waals surface area contributed by atoms with Gasteiger partial charge < -0.3 is 0 Å². The Morgan fingerprint density at radius 2 is 1.67 bits per heavy atom. The zero-order chi connectivity index (χ0) is 15.5. The van der Waals surface area contributed by atoms with Gasteiger partial charge in [0.15, 0.2) is 0 Å². The zero-order valence-electron chi connectivity index (χ0n) is 12.8. The lowest BCUT2D eigenvalue weighted by atomic mass is 10.1. The molecule has 2 rings (SSSR count).